The number of esters is 1. The van der Waals surface area contributed by atoms with Crippen molar-refractivity contribution in [1.82, 2.24) is 20.3 Å². The number of hydrogen-bond donors (Lipinski definition) is 3. The van der Waals surface area contributed by atoms with E-state index in [0.717, 1.165) is 19.0 Å². The first-order valence-corrected chi connectivity index (χ1v) is 13.0. The quantitative estimate of drug-likeness (QED) is 0.244. The summed E-state index contributed by atoms with van der Waals surface area (Å²) in [6.07, 6.45) is 2.60. The highest BCUT2D eigenvalue weighted by Gasteiger charge is 2.20. The van der Waals surface area contributed by atoms with Crippen LogP contribution in [0.25, 0.3) is 0 Å². The number of pyridine rings is 1. The Kier molecular flexibility index (Phi) is 9.66. The summed E-state index contributed by atoms with van der Waals surface area (Å²) in [5.41, 5.74) is 1.26. The van der Waals surface area contributed by atoms with Crippen LogP contribution in [0.4, 0.5) is 0 Å². The molecule has 2 aromatic carbocycles. The number of sulfonamides is 1. The molecule has 3 rings (SSSR count). The summed E-state index contributed by atoms with van der Waals surface area (Å²) in [6.45, 7) is 0.107. The largest absolute Gasteiger partial charge is 0.468 e. The minimum atomic E-state index is -4.24. The summed E-state index contributed by atoms with van der Waals surface area (Å²) in [4.78, 5) is 51.5. The number of aryl methyl sites for hydroxylation is 1. The van der Waals surface area contributed by atoms with Crippen molar-refractivity contribution < 1.29 is 32.3 Å². The summed E-state index contributed by atoms with van der Waals surface area (Å²) in [7, 11) is -3.06. The van der Waals surface area contributed by atoms with E-state index in [9.17, 15) is 27.6 Å². The highest BCUT2D eigenvalue weighted by atomic mass is 32.2. The van der Waals surface area contributed by atoms with Gasteiger partial charge >= 0.3 is 5.97 Å². The van der Waals surface area contributed by atoms with E-state index >= 15 is 0 Å². The van der Waals surface area contributed by atoms with E-state index in [0.29, 0.717) is 6.54 Å². The van der Waals surface area contributed by atoms with Crippen LogP contribution in [0.2, 0.25) is 0 Å². The van der Waals surface area contributed by atoms with Gasteiger partial charge in [-0.2, -0.15) is 0 Å². The normalized spacial score (nSPS) is 10.8. The predicted octanol–water partition coefficient (Wildman–Crippen LogP) is 1.47. The molecule has 0 aliphatic carbocycles. The Labute approximate surface area is 219 Å². The monoisotopic (exact) mass is 538 g/mol. The third-order valence-corrected chi connectivity index (χ3v) is 6.65. The van der Waals surface area contributed by atoms with Crippen LogP contribution in [-0.4, -0.2) is 57.3 Å². The van der Waals surface area contributed by atoms with Crippen molar-refractivity contribution in [3.63, 3.8) is 0 Å². The first kappa shape index (κ1) is 28.0. The molecule has 0 unspecified atom stereocenters. The van der Waals surface area contributed by atoms with Crippen molar-refractivity contribution in [1.29, 1.82) is 0 Å². The first-order valence-electron chi connectivity index (χ1n) is 11.5. The average molecular weight is 539 g/mol. The fraction of sp³-hybridized carbons (Fsp3) is 0.192. The second-order valence-electron chi connectivity index (χ2n) is 7.99. The Balaban J connectivity index is 1.52. The van der Waals surface area contributed by atoms with Crippen LogP contribution in [0.3, 0.4) is 0 Å². The molecule has 0 saturated heterocycles. The molecule has 0 bridgehead atoms. The third-order valence-electron chi connectivity index (χ3n) is 5.30. The number of carbonyl (C=O) groups is 4. The number of benzene rings is 2. The van der Waals surface area contributed by atoms with Crippen LogP contribution in [0.15, 0.2) is 77.8 Å². The number of amides is 3. The lowest BCUT2D eigenvalue weighted by molar-refractivity contribution is -0.139. The highest BCUT2D eigenvalue weighted by molar-refractivity contribution is 7.90. The van der Waals surface area contributed by atoms with Crippen LogP contribution in [0.5, 0.6) is 0 Å². The van der Waals surface area contributed by atoms with Crippen molar-refractivity contribution in [2.24, 2.45) is 0 Å². The van der Waals surface area contributed by atoms with Gasteiger partial charge < -0.3 is 15.4 Å². The summed E-state index contributed by atoms with van der Waals surface area (Å²) in [6, 6.07) is 17.5. The van der Waals surface area contributed by atoms with E-state index < -0.39 is 27.8 Å². The van der Waals surface area contributed by atoms with Crippen LogP contribution in [-0.2, 0) is 26.0 Å². The Hall–Kier alpha value is -4.58. The molecule has 3 amide bonds. The minimum Gasteiger partial charge on any atom is -0.468 e. The van der Waals surface area contributed by atoms with E-state index in [-0.39, 0.29) is 34.2 Å². The summed E-state index contributed by atoms with van der Waals surface area (Å²) < 4.78 is 31.6. The van der Waals surface area contributed by atoms with Crippen LogP contribution in [0.1, 0.15) is 43.2 Å². The standard InChI is InChI=1S/C26H26N4O7S/c1-37-23(31)17-29-26(34)22-14-11-20(16-28-22)25(33)30-38(35,36)21-12-9-19(10-13-21)24(32)27-15-5-8-18-6-3-2-4-7-18/h2-4,6-7,9-14,16H,5,8,15,17H2,1H3,(H,27,32)(H,29,34)(H,30,33). The lowest BCUT2D eigenvalue weighted by Crippen LogP contribution is -2.32. The number of nitrogens with zero attached hydrogens (tertiary/aromatic N) is 1. The van der Waals surface area contributed by atoms with Gasteiger partial charge in [0.05, 0.1) is 17.6 Å². The van der Waals surface area contributed by atoms with Crippen molar-refractivity contribution in [2.75, 3.05) is 20.2 Å². The smallest absolute Gasteiger partial charge is 0.325 e. The third kappa shape index (κ3) is 7.96. The number of nitrogens with one attached hydrogen (secondary N) is 3. The molecule has 198 valence electrons. The highest BCUT2D eigenvalue weighted by Crippen LogP contribution is 2.12. The second kappa shape index (κ2) is 13.1. The zero-order chi connectivity index (χ0) is 27.5. The van der Waals surface area contributed by atoms with Gasteiger partial charge in [-0.25, -0.2) is 13.1 Å². The molecule has 0 fully saturated rings. The van der Waals surface area contributed by atoms with Gasteiger partial charge in [0.25, 0.3) is 27.7 Å². The van der Waals surface area contributed by atoms with Gasteiger partial charge in [0.2, 0.25) is 0 Å². The maximum absolute atomic E-state index is 12.6. The number of rotatable bonds is 11. The van der Waals surface area contributed by atoms with Crippen LogP contribution < -0.4 is 15.4 Å². The summed E-state index contributed by atoms with van der Waals surface area (Å²) in [5.74, 6) is -2.62. The predicted molar refractivity (Wildman–Crippen MR) is 137 cm³/mol. The Morgan fingerprint density at radius 3 is 2.13 bits per heavy atom. The zero-order valence-corrected chi connectivity index (χ0v) is 21.3. The molecule has 1 aromatic heterocycles. The molecule has 11 nitrogen and oxygen atoms in total. The molecule has 0 spiro atoms. The van der Waals surface area contributed by atoms with Gasteiger partial charge in [0, 0.05) is 18.3 Å². The molecule has 0 aliphatic heterocycles. The van der Waals surface area contributed by atoms with Crippen molar-refractivity contribution in [2.45, 2.75) is 17.7 Å². The minimum absolute atomic E-state index is 0.0813. The Morgan fingerprint density at radius 2 is 1.50 bits per heavy atom. The molecule has 12 heteroatoms. The Bertz CT molecular complexity index is 1390. The molecule has 0 aliphatic rings. The van der Waals surface area contributed by atoms with E-state index in [1.165, 1.54) is 49.1 Å². The van der Waals surface area contributed by atoms with Crippen molar-refractivity contribution in [3.05, 3.63) is 95.3 Å². The van der Waals surface area contributed by atoms with Crippen LogP contribution in [0, 0.1) is 0 Å². The first-order chi connectivity index (χ1) is 18.2. The Morgan fingerprint density at radius 1 is 0.816 bits per heavy atom. The van der Waals surface area contributed by atoms with Gasteiger partial charge in [-0.1, -0.05) is 30.3 Å². The van der Waals surface area contributed by atoms with Gasteiger partial charge in [0.1, 0.15) is 12.2 Å². The number of carbonyl (C=O) groups excluding carboxylic acids is 4. The van der Waals surface area contributed by atoms with E-state index in [4.69, 9.17) is 0 Å². The molecular weight excluding hydrogens is 512 g/mol. The molecule has 3 N–H and O–H groups in total. The number of hydrogen-bond acceptors (Lipinski definition) is 8. The molecular formula is C26H26N4O7S. The molecule has 0 radical (unpaired) electrons. The van der Waals surface area contributed by atoms with Gasteiger partial charge in [0.15, 0.2) is 0 Å². The lowest BCUT2D eigenvalue weighted by atomic mass is 10.1. The molecule has 38 heavy (non-hydrogen) atoms. The van der Waals surface area contributed by atoms with Gasteiger partial charge in [-0.3, -0.25) is 24.2 Å². The molecule has 0 atom stereocenters. The zero-order valence-electron chi connectivity index (χ0n) is 20.5. The maximum Gasteiger partial charge on any atom is 0.325 e. The number of ether oxygens (including phenoxy) is 1. The SMILES string of the molecule is COC(=O)CNC(=O)c1ccc(C(=O)NS(=O)(=O)c2ccc(C(=O)NCCCc3ccccc3)cc2)cn1. The second-order valence-corrected chi connectivity index (χ2v) is 9.68. The summed E-state index contributed by atoms with van der Waals surface area (Å²) >= 11 is 0. The maximum atomic E-state index is 12.6. The van der Waals surface area contributed by atoms with Crippen molar-refractivity contribution in [3.8, 4) is 0 Å². The molecule has 1 heterocycles. The topological polar surface area (TPSA) is 161 Å². The average Bonchev–Trinajstić information content (AvgIpc) is 2.94. The van der Waals surface area contributed by atoms with E-state index in [2.05, 4.69) is 20.4 Å². The fourth-order valence-electron chi connectivity index (χ4n) is 3.24. The molecule has 0 saturated carbocycles. The fourth-order valence-corrected chi connectivity index (χ4v) is 4.22. The van der Waals surface area contributed by atoms with Gasteiger partial charge in [-0.05, 0) is 54.8 Å². The van der Waals surface area contributed by atoms with E-state index in [1.54, 1.807) is 0 Å². The molecule has 3 aromatic rings. The number of methoxy groups -OCH3 is 1. The number of aromatic nitrogens is 1. The van der Waals surface area contributed by atoms with Crippen molar-refractivity contribution >= 4 is 33.7 Å². The lowest BCUT2D eigenvalue weighted by Gasteiger charge is -2.09. The summed E-state index contributed by atoms with van der Waals surface area (Å²) in [5, 5.41) is 5.08. The van der Waals surface area contributed by atoms with Crippen LogP contribution >= 0.6 is 0 Å². The van der Waals surface area contributed by atoms with E-state index in [1.807, 2.05) is 35.1 Å². The van der Waals surface area contributed by atoms with Gasteiger partial charge in [-0.15, -0.1) is 0 Å².